The van der Waals surface area contributed by atoms with Crippen LogP contribution in [0.1, 0.15) is 49.7 Å². The minimum atomic E-state index is -2.65. The zero-order chi connectivity index (χ0) is 34.6. The molecule has 2 amide bonds. The van der Waals surface area contributed by atoms with E-state index in [1.807, 2.05) is 12.1 Å². The molecule has 2 saturated heterocycles. The second-order valence-corrected chi connectivity index (χ2v) is 18.6. The number of piperidine rings is 1. The number of likely N-dealkylation sites (tertiary alicyclic amines) is 1. The van der Waals surface area contributed by atoms with E-state index >= 15 is 0 Å². The van der Waals surface area contributed by atoms with E-state index in [-0.39, 0.29) is 35.4 Å². The van der Waals surface area contributed by atoms with Gasteiger partial charge in [0.25, 0.3) is 19.9 Å². The molecule has 4 aromatic rings. The van der Waals surface area contributed by atoms with Crippen molar-refractivity contribution in [1.29, 1.82) is 0 Å². The number of benzene rings is 3. The van der Waals surface area contributed by atoms with Crippen molar-refractivity contribution >= 4 is 52.8 Å². The van der Waals surface area contributed by atoms with Gasteiger partial charge in [-0.15, -0.1) is 11.3 Å². The zero-order valence-corrected chi connectivity index (χ0v) is 29.7. The minimum Gasteiger partial charge on any atom is -0.445 e. The third-order valence-electron chi connectivity index (χ3n) is 9.20. The van der Waals surface area contributed by atoms with Crippen LogP contribution in [0.3, 0.4) is 0 Å². The summed E-state index contributed by atoms with van der Waals surface area (Å²) in [6.45, 7) is 9.18. The Labute approximate surface area is 291 Å². The van der Waals surface area contributed by atoms with Gasteiger partial charge in [-0.25, -0.2) is 9.78 Å². The maximum atomic E-state index is 13.1. The molecule has 2 aliphatic rings. The minimum absolute atomic E-state index is 0.0148. The van der Waals surface area contributed by atoms with Crippen LogP contribution in [0.25, 0.3) is 0 Å². The van der Waals surface area contributed by atoms with E-state index in [2.05, 4.69) is 84.5 Å². The molecular weight excluding hydrogens is 659 g/mol. The Morgan fingerprint density at radius 3 is 2.10 bits per heavy atom. The van der Waals surface area contributed by atoms with Crippen molar-refractivity contribution in [2.45, 2.75) is 57.4 Å². The van der Waals surface area contributed by atoms with Crippen molar-refractivity contribution in [2.75, 3.05) is 31.1 Å². The van der Waals surface area contributed by atoms with Crippen LogP contribution in [0.2, 0.25) is 5.04 Å². The number of nitro groups is 1. The molecule has 49 heavy (non-hydrogen) atoms. The first-order valence-corrected chi connectivity index (χ1v) is 19.3. The van der Waals surface area contributed by atoms with Crippen LogP contribution >= 0.6 is 11.3 Å². The fraction of sp³-hybridized carbons (Fsp3) is 0.361. The number of carbonyl (C=O) groups excluding carboxylic acids is 2. The largest absolute Gasteiger partial charge is 0.445 e. The number of nitrogens with zero attached hydrogens (tertiary/aromatic N) is 4. The zero-order valence-electron chi connectivity index (χ0n) is 27.9. The maximum Gasteiger partial charge on any atom is 0.410 e. The van der Waals surface area contributed by atoms with Gasteiger partial charge in [-0.3, -0.25) is 14.9 Å². The summed E-state index contributed by atoms with van der Waals surface area (Å²) in [6, 6.07) is 27.1. The van der Waals surface area contributed by atoms with E-state index in [9.17, 15) is 19.7 Å². The number of ether oxygens (including phenoxy) is 1. The van der Waals surface area contributed by atoms with E-state index < -0.39 is 19.3 Å². The van der Waals surface area contributed by atoms with Crippen molar-refractivity contribution < 1.29 is 23.7 Å². The molecule has 0 aliphatic carbocycles. The molecule has 2 fully saturated rings. The lowest BCUT2D eigenvalue weighted by Crippen LogP contribution is -2.70. The lowest BCUT2D eigenvalue weighted by molar-refractivity contribution is -0.384. The van der Waals surface area contributed by atoms with Gasteiger partial charge in [0, 0.05) is 49.7 Å². The summed E-state index contributed by atoms with van der Waals surface area (Å²) in [5, 5.41) is 18.9. The van der Waals surface area contributed by atoms with Gasteiger partial charge >= 0.3 is 6.09 Å². The molecule has 256 valence electrons. The number of non-ortho nitro benzene ring substituents is 1. The number of nitrogens with one attached hydrogen (secondary N) is 1. The Morgan fingerprint density at radius 1 is 0.959 bits per heavy atom. The van der Waals surface area contributed by atoms with Gasteiger partial charge in [-0.1, -0.05) is 81.4 Å². The van der Waals surface area contributed by atoms with E-state index in [0.29, 0.717) is 50.3 Å². The topological polar surface area (TPSA) is 127 Å². The second-order valence-electron chi connectivity index (χ2n) is 13.5. The van der Waals surface area contributed by atoms with Crippen LogP contribution in [-0.2, 0) is 15.8 Å². The molecule has 1 N–H and O–H groups in total. The summed E-state index contributed by atoms with van der Waals surface area (Å²) in [5.41, 5.74) is 1.05. The highest BCUT2D eigenvalue weighted by Crippen LogP contribution is 2.39. The summed E-state index contributed by atoms with van der Waals surface area (Å²) in [5.74, 6) is -0.220. The quantitative estimate of drug-likeness (QED) is 0.133. The summed E-state index contributed by atoms with van der Waals surface area (Å²) in [6.07, 6.45) is 0.795. The van der Waals surface area contributed by atoms with E-state index in [4.69, 9.17) is 9.16 Å². The molecule has 0 unspecified atom stereocenters. The molecular formula is C36H41N5O6SSi. The smallest absolute Gasteiger partial charge is 0.410 e. The number of aromatic nitrogens is 1. The predicted octanol–water partition coefficient (Wildman–Crippen LogP) is 5.35. The first-order chi connectivity index (χ1) is 23.5. The molecule has 3 aromatic carbocycles. The third-order valence-corrected chi connectivity index (χ3v) is 15.2. The van der Waals surface area contributed by atoms with Gasteiger partial charge < -0.3 is 24.3 Å². The molecule has 0 atom stereocenters. The molecule has 3 heterocycles. The van der Waals surface area contributed by atoms with Crippen molar-refractivity contribution in [1.82, 2.24) is 15.2 Å². The molecule has 2 aliphatic heterocycles. The highest BCUT2D eigenvalue weighted by molar-refractivity contribution is 7.14. The number of amides is 2. The predicted molar refractivity (Wildman–Crippen MR) is 192 cm³/mol. The normalized spacial score (nSPS) is 15.8. The second kappa shape index (κ2) is 14.5. The van der Waals surface area contributed by atoms with Crippen LogP contribution in [0.5, 0.6) is 0 Å². The Morgan fingerprint density at radius 2 is 1.55 bits per heavy atom. The Balaban J connectivity index is 0.997. The average molecular weight is 700 g/mol. The van der Waals surface area contributed by atoms with Crippen molar-refractivity contribution in [3.63, 3.8) is 0 Å². The molecule has 13 heteroatoms. The van der Waals surface area contributed by atoms with E-state index in [1.54, 1.807) is 22.4 Å². The number of nitro benzene ring substituents is 1. The van der Waals surface area contributed by atoms with Crippen molar-refractivity contribution in [3.8, 4) is 0 Å². The molecule has 11 nitrogen and oxygen atoms in total. The highest BCUT2D eigenvalue weighted by Gasteiger charge is 2.52. The fourth-order valence-corrected chi connectivity index (χ4v) is 12.0. The van der Waals surface area contributed by atoms with Crippen molar-refractivity contribution in [2.24, 2.45) is 0 Å². The van der Waals surface area contributed by atoms with Gasteiger partial charge in [0.2, 0.25) is 0 Å². The molecule has 0 spiro atoms. The summed E-state index contributed by atoms with van der Waals surface area (Å²) in [4.78, 5) is 44.5. The molecule has 0 saturated carbocycles. The average Bonchev–Trinajstić information content (AvgIpc) is 3.57. The Kier molecular flexibility index (Phi) is 10.1. The first kappa shape index (κ1) is 34.3. The Bertz CT molecular complexity index is 1710. The Hall–Kier alpha value is -4.59. The number of carbonyl (C=O) groups is 2. The third kappa shape index (κ3) is 7.53. The lowest BCUT2D eigenvalue weighted by Gasteiger charge is -2.49. The van der Waals surface area contributed by atoms with E-state index in [0.717, 1.165) is 5.13 Å². The van der Waals surface area contributed by atoms with Crippen LogP contribution < -0.4 is 20.6 Å². The van der Waals surface area contributed by atoms with Crippen LogP contribution in [0.4, 0.5) is 15.6 Å². The van der Waals surface area contributed by atoms with Crippen LogP contribution in [0, 0.1) is 10.1 Å². The SMILES string of the molecule is CC(C)(C)[Si](OC1CN(c2nc(C(=O)NC3CCN(C(=O)OCc4ccc([N+](=O)[O-])cc4)CC3)cs2)C1)(c1ccccc1)c1ccccc1. The van der Waals surface area contributed by atoms with Crippen LogP contribution in [0.15, 0.2) is 90.3 Å². The first-order valence-electron chi connectivity index (χ1n) is 16.5. The summed E-state index contributed by atoms with van der Waals surface area (Å²) >= 11 is 1.46. The number of hydrogen-bond donors (Lipinski definition) is 1. The number of anilines is 1. The standard InChI is InChI=1S/C36H41N5O6SSi/c1-36(2,3)49(30-10-6-4-7-11-30,31-12-8-5-9-13-31)47-29-22-40(23-29)34-38-32(25-48-34)33(42)37-27-18-20-39(21-19-27)35(43)46-24-26-14-16-28(17-15-26)41(44)45/h4-17,25,27,29H,18-24H2,1-3H3,(H,37,42). The summed E-state index contributed by atoms with van der Waals surface area (Å²) < 4.78 is 12.6. The highest BCUT2D eigenvalue weighted by atomic mass is 32.1. The maximum absolute atomic E-state index is 13.1. The van der Waals surface area contributed by atoms with Gasteiger partial charge in [0.15, 0.2) is 5.13 Å². The van der Waals surface area contributed by atoms with Gasteiger partial charge in [-0.05, 0) is 45.9 Å². The summed E-state index contributed by atoms with van der Waals surface area (Å²) in [7, 11) is -2.65. The van der Waals surface area contributed by atoms with E-state index in [1.165, 1.54) is 33.8 Å². The molecule has 0 bridgehead atoms. The fourth-order valence-electron chi connectivity index (χ4n) is 6.54. The van der Waals surface area contributed by atoms with Crippen molar-refractivity contribution in [3.05, 3.63) is 112 Å². The van der Waals surface area contributed by atoms with Gasteiger partial charge in [0.05, 0.1) is 11.0 Å². The molecule has 6 rings (SSSR count). The molecule has 1 aromatic heterocycles. The number of rotatable bonds is 10. The number of thiazole rings is 1. The van der Waals surface area contributed by atoms with Gasteiger partial charge in [-0.2, -0.15) is 0 Å². The lowest BCUT2D eigenvalue weighted by atomic mass is 10.1. The monoisotopic (exact) mass is 699 g/mol. The number of hydrogen-bond acceptors (Lipinski definition) is 9. The molecule has 0 radical (unpaired) electrons. The van der Waals surface area contributed by atoms with Crippen LogP contribution in [-0.4, -0.2) is 73.4 Å². The van der Waals surface area contributed by atoms with Gasteiger partial charge in [0.1, 0.15) is 12.3 Å².